The van der Waals surface area contributed by atoms with Crippen LogP contribution in [0.4, 0.5) is 0 Å². The van der Waals surface area contributed by atoms with Gasteiger partial charge in [-0.15, -0.1) is 0 Å². The Labute approximate surface area is 113 Å². The number of hydrogen-bond acceptors (Lipinski definition) is 3. The van der Waals surface area contributed by atoms with E-state index in [0.717, 1.165) is 32.2 Å². The number of rotatable bonds is 9. The van der Waals surface area contributed by atoms with Crippen LogP contribution in [0.2, 0.25) is 0 Å². The molecule has 0 amide bonds. The number of methoxy groups -OCH3 is 1. The number of nitrogens with one attached hydrogen (secondary N) is 1. The molecule has 0 aromatic rings. The van der Waals surface area contributed by atoms with E-state index in [1.807, 2.05) is 0 Å². The molecule has 1 aliphatic rings. The van der Waals surface area contributed by atoms with Crippen LogP contribution in [-0.4, -0.2) is 51.3 Å². The van der Waals surface area contributed by atoms with E-state index in [1.54, 1.807) is 7.11 Å². The zero-order valence-corrected chi connectivity index (χ0v) is 12.4. The molecule has 0 saturated heterocycles. The minimum Gasteiger partial charge on any atom is -0.380 e. The Hall–Kier alpha value is -0.380. The van der Waals surface area contributed by atoms with Gasteiger partial charge in [0.15, 0.2) is 0 Å². The average Bonchev–Trinajstić information content (AvgIpc) is 2.35. The van der Waals surface area contributed by atoms with Crippen LogP contribution in [-0.2, 0) is 4.74 Å². The van der Waals surface area contributed by atoms with Crippen LogP contribution in [0.25, 0.3) is 0 Å². The second-order valence-corrected chi connectivity index (χ2v) is 5.65. The van der Waals surface area contributed by atoms with Gasteiger partial charge < -0.3 is 10.1 Å². The summed E-state index contributed by atoms with van der Waals surface area (Å²) in [5, 5.41) is 3.50. The largest absolute Gasteiger partial charge is 0.380 e. The van der Waals surface area contributed by atoms with E-state index < -0.39 is 0 Å². The van der Waals surface area contributed by atoms with Gasteiger partial charge in [-0.3, -0.25) is 4.90 Å². The Morgan fingerprint density at radius 3 is 2.83 bits per heavy atom. The van der Waals surface area contributed by atoms with Crippen molar-refractivity contribution in [3.63, 3.8) is 0 Å². The van der Waals surface area contributed by atoms with Crippen molar-refractivity contribution in [1.29, 1.82) is 0 Å². The third-order valence-electron chi connectivity index (χ3n) is 3.35. The Kier molecular flexibility index (Phi) is 8.31. The first-order chi connectivity index (χ1) is 8.72. The molecule has 0 radical (unpaired) electrons. The molecule has 3 nitrogen and oxygen atoms in total. The van der Waals surface area contributed by atoms with Gasteiger partial charge >= 0.3 is 0 Å². The highest BCUT2D eigenvalue weighted by Crippen LogP contribution is 2.11. The second-order valence-electron chi connectivity index (χ2n) is 5.65. The summed E-state index contributed by atoms with van der Waals surface area (Å²) < 4.78 is 5.17. The fraction of sp³-hybridized carbons (Fsp3) is 0.867. The number of ether oxygens (including phenoxy) is 1. The van der Waals surface area contributed by atoms with Crippen LogP contribution in [0.3, 0.4) is 0 Å². The van der Waals surface area contributed by atoms with Crippen molar-refractivity contribution in [3.05, 3.63) is 11.6 Å². The fourth-order valence-corrected chi connectivity index (χ4v) is 2.25. The van der Waals surface area contributed by atoms with E-state index >= 15 is 0 Å². The smallest absolute Gasteiger partial charge is 0.0673 e. The Balaban J connectivity index is 1.98. The summed E-state index contributed by atoms with van der Waals surface area (Å²) in [6.07, 6.45) is 6.11. The average molecular weight is 254 g/mol. The van der Waals surface area contributed by atoms with Crippen molar-refractivity contribution >= 4 is 0 Å². The van der Waals surface area contributed by atoms with E-state index in [2.05, 4.69) is 30.1 Å². The zero-order valence-electron chi connectivity index (χ0n) is 12.4. The van der Waals surface area contributed by atoms with E-state index in [0.29, 0.717) is 0 Å². The maximum Gasteiger partial charge on any atom is 0.0673 e. The summed E-state index contributed by atoms with van der Waals surface area (Å²) in [6.45, 7) is 11.2. The Morgan fingerprint density at radius 2 is 2.22 bits per heavy atom. The summed E-state index contributed by atoms with van der Waals surface area (Å²) >= 11 is 0. The van der Waals surface area contributed by atoms with Crippen LogP contribution in [0.15, 0.2) is 11.6 Å². The summed E-state index contributed by atoms with van der Waals surface area (Å²) in [5.41, 5.74) is 1.47. The highest BCUT2D eigenvalue weighted by molar-refractivity contribution is 5.07. The molecule has 0 aromatic heterocycles. The van der Waals surface area contributed by atoms with E-state index in [-0.39, 0.29) is 0 Å². The molecule has 0 aromatic carbocycles. The molecular weight excluding hydrogens is 224 g/mol. The first-order valence-corrected chi connectivity index (χ1v) is 7.32. The predicted octanol–water partition coefficient (Wildman–Crippen LogP) is 2.29. The van der Waals surface area contributed by atoms with Crippen LogP contribution < -0.4 is 5.32 Å². The van der Waals surface area contributed by atoms with Crippen LogP contribution in [0, 0.1) is 5.92 Å². The molecule has 0 saturated carbocycles. The Bertz CT molecular complexity index is 239. The van der Waals surface area contributed by atoms with Gasteiger partial charge in [-0.05, 0) is 50.4 Å². The molecule has 106 valence electrons. The van der Waals surface area contributed by atoms with E-state index in [4.69, 9.17) is 4.74 Å². The van der Waals surface area contributed by atoms with Crippen LogP contribution in [0.1, 0.15) is 33.1 Å². The standard InChI is InChI=1S/C15H30N2O/c1-14(2)12-16-8-4-5-9-17-10-6-15(7-11-17)13-18-3/h6,14,16H,4-5,7-13H2,1-3H3. The van der Waals surface area contributed by atoms with Gasteiger partial charge in [-0.1, -0.05) is 19.9 Å². The fourth-order valence-electron chi connectivity index (χ4n) is 2.25. The molecule has 0 spiro atoms. The quantitative estimate of drug-likeness (QED) is 0.505. The number of nitrogens with zero attached hydrogens (tertiary/aromatic N) is 1. The number of unbranched alkanes of at least 4 members (excludes halogenated alkanes) is 1. The lowest BCUT2D eigenvalue weighted by Gasteiger charge is -2.26. The molecule has 3 heteroatoms. The summed E-state index contributed by atoms with van der Waals surface area (Å²) in [5.74, 6) is 0.761. The molecule has 0 unspecified atom stereocenters. The monoisotopic (exact) mass is 254 g/mol. The minimum absolute atomic E-state index is 0.761. The molecule has 1 heterocycles. The van der Waals surface area contributed by atoms with Crippen LogP contribution >= 0.6 is 0 Å². The Morgan fingerprint density at radius 1 is 1.39 bits per heavy atom. The first kappa shape index (κ1) is 15.7. The third kappa shape index (κ3) is 7.14. The SMILES string of the molecule is COCC1=CCN(CCCCNCC(C)C)CC1. The summed E-state index contributed by atoms with van der Waals surface area (Å²) in [7, 11) is 1.78. The summed E-state index contributed by atoms with van der Waals surface area (Å²) in [4.78, 5) is 2.54. The normalized spacial score (nSPS) is 17.2. The topological polar surface area (TPSA) is 24.5 Å². The maximum atomic E-state index is 5.17. The predicted molar refractivity (Wildman–Crippen MR) is 78.0 cm³/mol. The van der Waals surface area contributed by atoms with Gasteiger partial charge in [0.25, 0.3) is 0 Å². The van der Waals surface area contributed by atoms with Gasteiger partial charge in [0, 0.05) is 20.2 Å². The lowest BCUT2D eigenvalue weighted by molar-refractivity contribution is 0.211. The molecule has 1 aliphatic heterocycles. The molecule has 0 aliphatic carbocycles. The molecule has 1 rings (SSSR count). The van der Waals surface area contributed by atoms with Gasteiger partial charge in [-0.25, -0.2) is 0 Å². The van der Waals surface area contributed by atoms with Crippen molar-refractivity contribution in [2.24, 2.45) is 5.92 Å². The van der Waals surface area contributed by atoms with Gasteiger partial charge in [0.1, 0.15) is 0 Å². The van der Waals surface area contributed by atoms with Crippen molar-refractivity contribution < 1.29 is 4.74 Å². The van der Waals surface area contributed by atoms with Crippen molar-refractivity contribution in [2.75, 3.05) is 46.4 Å². The van der Waals surface area contributed by atoms with E-state index in [1.165, 1.54) is 37.9 Å². The lowest BCUT2D eigenvalue weighted by atomic mass is 10.1. The first-order valence-electron chi connectivity index (χ1n) is 7.32. The maximum absolute atomic E-state index is 5.17. The lowest BCUT2D eigenvalue weighted by Crippen LogP contribution is -2.31. The zero-order chi connectivity index (χ0) is 13.2. The second kappa shape index (κ2) is 9.54. The molecule has 1 N–H and O–H groups in total. The van der Waals surface area contributed by atoms with Crippen molar-refractivity contribution in [2.45, 2.75) is 33.1 Å². The highest BCUT2D eigenvalue weighted by atomic mass is 16.5. The molecule has 18 heavy (non-hydrogen) atoms. The minimum atomic E-state index is 0.761. The number of hydrogen-bond donors (Lipinski definition) is 1. The molecule has 0 fully saturated rings. The highest BCUT2D eigenvalue weighted by Gasteiger charge is 2.10. The summed E-state index contributed by atoms with van der Waals surface area (Å²) in [6, 6.07) is 0. The molecule has 0 atom stereocenters. The van der Waals surface area contributed by atoms with Gasteiger partial charge in [-0.2, -0.15) is 0 Å². The van der Waals surface area contributed by atoms with Crippen molar-refractivity contribution in [3.8, 4) is 0 Å². The van der Waals surface area contributed by atoms with Crippen LogP contribution in [0.5, 0.6) is 0 Å². The van der Waals surface area contributed by atoms with E-state index in [9.17, 15) is 0 Å². The van der Waals surface area contributed by atoms with Crippen molar-refractivity contribution in [1.82, 2.24) is 10.2 Å². The van der Waals surface area contributed by atoms with Gasteiger partial charge in [0.05, 0.1) is 6.61 Å². The molecule has 0 bridgehead atoms. The van der Waals surface area contributed by atoms with Gasteiger partial charge in [0.2, 0.25) is 0 Å². The molecular formula is C15H30N2O. The third-order valence-corrected chi connectivity index (χ3v) is 3.35.